The van der Waals surface area contributed by atoms with Gasteiger partial charge in [-0.25, -0.2) is 9.97 Å². The minimum atomic E-state index is -0.296. The van der Waals surface area contributed by atoms with Gasteiger partial charge < -0.3 is 9.64 Å². The molecule has 1 aliphatic heterocycles. The van der Waals surface area contributed by atoms with Gasteiger partial charge in [0.2, 0.25) is 0 Å². The summed E-state index contributed by atoms with van der Waals surface area (Å²) >= 11 is 0. The molecule has 2 rings (SSSR count). The summed E-state index contributed by atoms with van der Waals surface area (Å²) in [6.07, 6.45) is 4.12. The van der Waals surface area contributed by atoms with Crippen molar-refractivity contribution in [2.24, 2.45) is 0 Å². The highest BCUT2D eigenvalue weighted by atomic mass is 16.5. The second-order valence-corrected chi connectivity index (χ2v) is 4.73. The Morgan fingerprint density at radius 2 is 2.22 bits per heavy atom. The van der Waals surface area contributed by atoms with Gasteiger partial charge in [0.1, 0.15) is 12.2 Å². The predicted octanol–water partition coefficient (Wildman–Crippen LogP) is 1.00. The summed E-state index contributed by atoms with van der Waals surface area (Å²) in [7, 11) is 3.52. The lowest BCUT2D eigenvalue weighted by Crippen LogP contribution is -2.29. The lowest BCUT2D eigenvalue weighted by molar-refractivity contribution is -0.139. The Kier molecular flexibility index (Phi) is 4.25. The maximum absolute atomic E-state index is 11.2. The molecule has 0 aromatic carbocycles. The number of carbonyl (C=O) groups excluding carboxylic acids is 1. The molecule has 0 N–H and O–H groups in total. The average molecular weight is 249 g/mol. The Balaban J connectivity index is 2.05. The Bertz CT molecular complexity index is 414. The molecule has 1 aliphatic rings. The molecule has 0 unspecified atom stereocenters. The summed E-state index contributed by atoms with van der Waals surface area (Å²) in [4.78, 5) is 22.1. The molecule has 0 amide bonds. The Hall–Kier alpha value is -1.49. The van der Waals surface area contributed by atoms with Crippen LogP contribution in [0, 0.1) is 0 Å². The molecule has 0 atom stereocenters. The summed E-state index contributed by atoms with van der Waals surface area (Å²) in [5.41, 5.74) is 1.05. The third-order valence-corrected chi connectivity index (χ3v) is 3.39. The molecule has 1 aromatic heterocycles. The van der Waals surface area contributed by atoms with Crippen molar-refractivity contribution in [1.82, 2.24) is 14.9 Å². The van der Waals surface area contributed by atoms with E-state index in [1.807, 2.05) is 6.07 Å². The summed E-state index contributed by atoms with van der Waals surface area (Å²) in [6, 6.07) is 1.96. The SMILES string of the molecule is COC(=O)Cc1nccc(C2CCN(C)CC2)n1. The second-order valence-electron chi connectivity index (χ2n) is 4.73. The predicted molar refractivity (Wildman–Crippen MR) is 67.2 cm³/mol. The molecular weight excluding hydrogens is 230 g/mol. The summed E-state index contributed by atoms with van der Waals surface area (Å²) in [6.45, 7) is 2.20. The van der Waals surface area contributed by atoms with E-state index in [-0.39, 0.29) is 12.4 Å². The summed E-state index contributed by atoms with van der Waals surface area (Å²) < 4.78 is 4.63. The molecule has 0 saturated carbocycles. The quantitative estimate of drug-likeness (QED) is 0.748. The highest BCUT2D eigenvalue weighted by Gasteiger charge is 2.20. The highest BCUT2D eigenvalue weighted by molar-refractivity contribution is 5.71. The first-order chi connectivity index (χ1) is 8.69. The van der Waals surface area contributed by atoms with Gasteiger partial charge in [-0.2, -0.15) is 0 Å². The number of rotatable bonds is 3. The van der Waals surface area contributed by atoms with Crippen LogP contribution in [0.3, 0.4) is 0 Å². The normalized spacial score (nSPS) is 17.7. The Morgan fingerprint density at radius 1 is 1.50 bits per heavy atom. The third-order valence-electron chi connectivity index (χ3n) is 3.39. The summed E-state index contributed by atoms with van der Waals surface area (Å²) in [5, 5.41) is 0. The molecule has 18 heavy (non-hydrogen) atoms. The first kappa shape index (κ1) is 13.0. The fourth-order valence-corrected chi connectivity index (χ4v) is 2.23. The van der Waals surface area contributed by atoms with Gasteiger partial charge >= 0.3 is 5.97 Å². The second kappa shape index (κ2) is 5.91. The van der Waals surface area contributed by atoms with E-state index in [0.29, 0.717) is 11.7 Å². The number of esters is 1. The topological polar surface area (TPSA) is 55.3 Å². The van der Waals surface area contributed by atoms with Gasteiger partial charge in [-0.05, 0) is 39.0 Å². The van der Waals surface area contributed by atoms with Crippen LogP contribution >= 0.6 is 0 Å². The number of methoxy groups -OCH3 is 1. The van der Waals surface area contributed by atoms with Crippen molar-refractivity contribution in [3.8, 4) is 0 Å². The van der Waals surface area contributed by atoms with Gasteiger partial charge in [-0.15, -0.1) is 0 Å². The molecule has 0 aliphatic carbocycles. The maximum atomic E-state index is 11.2. The largest absolute Gasteiger partial charge is 0.469 e. The van der Waals surface area contributed by atoms with Crippen LogP contribution in [-0.4, -0.2) is 48.1 Å². The number of likely N-dealkylation sites (tertiary alicyclic amines) is 1. The van der Waals surface area contributed by atoms with E-state index in [1.165, 1.54) is 7.11 Å². The number of carbonyl (C=O) groups is 1. The molecule has 0 radical (unpaired) electrons. The van der Waals surface area contributed by atoms with Gasteiger partial charge in [0, 0.05) is 17.8 Å². The number of ether oxygens (including phenoxy) is 1. The van der Waals surface area contributed by atoms with E-state index in [0.717, 1.165) is 31.6 Å². The van der Waals surface area contributed by atoms with Crippen LogP contribution in [0.5, 0.6) is 0 Å². The van der Waals surface area contributed by atoms with Crippen molar-refractivity contribution in [3.05, 3.63) is 23.8 Å². The van der Waals surface area contributed by atoms with Gasteiger partial charge in [0.05, 0.1) is 7.11 Å². The minimum Gasteiger partial charge on any atom is -0.469 e. The minimum absolute atomic E-state index is 0.150. The number of hydrogen-bond donors (Lipinski definition) is 0. The molecule has 5 nitrogen and oxygen atoms in total. The van der Waals surface area contributed by atoms with Gasteiger partial charge in [-0.3, -0.25) is 4.79 Å². The van der Waals surface area contributed by atoms with Crippen LogP contribution in [0.4, 0.5) is 0 Å². The monoisotopic (exact) mass is 249 g/mol. The van der Waals surface area contributed by atoms with Gasteiger partial charge in [0.15, 0.2) is 0 Å². The van der Waals surface area contributed by atoms with Crippen molar-refractivity contribution in [3.63, 3.8) is 0 Å². The molecule has 1 aromatic rings. The lowest BCUT2D eigenvalue weighted by Gasteiger charge is -2.28. The zero-order chi connectivity index (χ0) is 13.0. The fraction of sp³-hybridized carbons (Fsp3) is 0.615. The summed E-state index contributed by atoms with van der Waals surface area (Å²) in [5.74, 6) is 0.745. The van der Waals surface area contributed by atoms with Crippen molar-refractivity contribution in [2.75, 3.05) is 27.2 Å². The van der Waals surface area contributed by atoms with Crippen molar-refractivity contribution >= 4 is 5.97 Å². The smallest absolute Gasteiger partial charge is 0.313 e. The lowest BCUT2D eigenvalue weighted by atomic mass is 9.93. The standard InChI is InChI=1S/C13H19N3O2/c1-16-7-4-10(5-8-16)11-3-6-14-12(15-11)9-13(17)18-2/h3,6,10H,4-5,7-9H2,1-2H3. The first-order valence-corrected chi connectivity index (χ1v) is 6.26. The number of piperidine rings is 1. The Labute approximate surface area is 107 Å². The molecular formula is C13H19N3O2. The van der Waals surface area contributed by atoms with Crippen LogP contribution in [0.1, 0.15) is 30.3 Å². The first-order valence-electron chi connectivity index (χ1n) is 6.26. The average Bonchev–Trinajstić information content (AvgIpc) is 2.40. The van der Waals surface area contributed by atoms with Crippen LogP contribution in [-0.2, 0) is 16.0 Å². The third kappa shape index (κ3) is 3.26. The number of nitrogens with zero attached hydrogens (tertiary/aromatic N) is 3. The van der Waals surface area contributed by atoms with E-state index in [9.17, 15) is 4.79 Å². The van der Waals surface area contributed by atoms with E-state index in [4.69, 9.17) is 0 Å². The maximum Gasteiger partial charge on any atom is 0.313 e. The van der Waals surface area contributed by atoms with Crippen LogP contribution in [0.25, 0.3) is 0 Å². The molecule has 1 saturated heterocycles. The molecule has 0 spiro atoms. The molecule has 98 valence electrons. The zero-order valence-electron chi connectivity index (χ0n) is 10.9. The van der Waals surface area contributed by atoms with E-state index in [1.54, 1.807) is 6.20 Å². The highest BCUT2D eigenvalue weighted by Crippen LogP contribution is 2.25. The van der Waals surface area contributed by atoms with Crippen LogP contribution in [0.15, 0.2) is 12.3 Å². The zero-order valence-corrected chi connectivity index (χ0v) is 10.9. The van der Waals surface area contributed by atoms with E-state index in [2.05, 4.69) is 26.7 Å². The van der Waals surface area contributed by atoms with E-state index < -0.39 is 0 Å². The van der Waals surface area contributed by atoms with Crippen molar-refractivity contribution in [2.45, 2.75) is 25.2 Å². The van der Waals surface area contributed by atoms with Crippen molar-refractivity contribution in [1.29, 1.82) is 0 Å². The van der Waals surface area contributed by atoms with Crippen molar-refractivity contribution < 1.29 is 9.53 Å². The number of hydrogen-bond acceptors (Lipinski definition) is 5. The fourth-order valence-electron chi connectivity index (χ4n) is 2.23. The molecule has 0 bridgehead atoms. The van der Waals surface area contributed by atoms with Gasteiger partial charge in [-0.1, -0.05) is 0 Å². The van der Waals surface area contributed by atoms with Crippen LogP contribution in [0.2, 0.25) is 0 Å². The van der Waals surface area contributed by atoms with Gasteiger partial charge in [0.25, 0.3) is 0 Å². The van der Waals surface area contributed by atoms with Crippen LogP contribution < -0.4 is 0 Å². The molecule has 5 heteroatoms. The number of aromatic nitrogens is 2. The van der Waals surface area contributed by atoms with E-state index >= 15 is 0 Å². The molecule has 2 heterocycles. The Morgan fingerprint density at radius 3 is 2.89 bits per heavy atom. The molecule has 1 fully saturated rings.